The van der Waals surface area contributed by atoms with Gasteiger partial charge in [-0.2, -0.15) is 0 Å². The largest absolute Gasteiger partial charge is 0.668 e. The quantitative estimate of drug-likeness (QED) is 0.308. The number of hydrogen-bond acceptors (Lipinski definition) is 10. The predicted octanol–water partition coefficient (Wildman–Crippen LogP) is 1.50. The van der Waals surface area contributed by atoms with E-state index in [9.17, 15) is 19.2 Å². The van der Waals surface area contributed by atoms with E-state index in [2.05, 4.69) is 4.43 Å². The van der Waals surface area contributed by atoms with Crippen LogP contribution in [0.3, 0.4) is 0 Å². The topological polar surface area (TPSA) is 136 Å². The molecule has 2 saturated carbocycles. The van der Waals surface area contributed by atoms with Gasteiger partial charge in [0.2, 0.25) is 0 Å². The molecule has 14 heteroatoms. The molecule has 30 heavy (non-hydrogen) atoms. The zero-order valence-corrected chi connectivity index (χ0v) is 22.5. The minimum absolute atomic E-state index is 0.198. The molecule has 10 nitrogen and oxygen atoms in total. The van der Waals surface area contributed by atoms with Gasteiger partial charge in [0.1, 0.15) is 0 Å². The van der Waals surface area contributed by atoms with E-state index in [0.29, 0.717) is 12.8 Å². The standard InChI is InChI=1S/C16H38O10Si4/c1-21-27(4,15-11-7-5-8-12-15)24-28(17,16-13-9-6-10-14-16)25-30(20,23-3)26-29(18,19)22-2/h15-20H,5-14H2,1-4H3. The number of hydrogen-bond donors (Lipinski definition) is 4. The summed E-state index contributed by atoms with van der Waals surface area (Å²) in [6.45, 7) is 1.92. The Labute approximate surface area is 183 Å². The van der Waals surface area contributed by atoms with E-state index >= 15 is 0 Å². The highest BCUT2D eigenvalue weighted by Crippen LogP contribution is 2.44. The highest BCUT2D eigenvalue weighted by molar-refractivity contribution is 6.82. The van der Waals surface area contributed by atoms with Gasteiger partial charge in [0.15, 0.2) is 0 Å². The van der Waals surface area contributed by atoms with Crippen LogP contribution in [-0.2, 0) is 25.6 Å². The minimum atomic E-state index is -4.68. The van der Waals surface area contributed by atoms with Crippen molar-refractivity contribution in [3.8, 4) is 0 Å². The first-order valence-electron chi connectivity index (χ1n) is 10.7. The molecular weight excluding hydrogens is 465 g/mol. The van der Waals surface area contributed by atoms with E-state index in [1.54, 1.807) is 7.11 Å². The van der Waals surface area contributed by atoms with Crippen LogP contribution in [0.15, 0.2) is 0 Å². The Hall–Kier alpha value is 0.468. The summed E-state index contributed by atoms with van der Waals surface area (Å²) >= 11 is 0. The molecule has 2 aliphatic carbocycles. The molecule has 178 valence electrons. The maximum Gasteiger partial charge on any atom is 0.668 e. The summed E-state index contributed by atoms with van der Waals surface area (Å²) in [7, 11) is -12.6. The van der Waals surface area contributed by atoms with Crippen LogP contribution in [0.4, 0.5) is 0 Å². The summed E-state index contributed by atoms with van der Waals surface area (Å²) in [5, 5.41) is 0. The van der Waals surface area contributed by atoms with Gasteiger partial charge < -0.3 is 44.8 Å². The summed E-state index contributed by atoms with van der Waals surface area (Å²) in [6.07, 6.45) is 9.49. The first kappa shape index (κ1) is 26.7. The van der Waals surface area contributed by atoms with E-state index in [0.717, 1.165) is 59.2 Å². The first-order valence-corrected chi connectivity index (χ1v) is 18.3. The lowest BCUT2D eigenvalue weighted by molar-refractivity contribution is 0.00345. The Morgan fingerprint density at radius 2 is 1.10 bits per heavy atom. The van der Waals surface area contributed by atoms with Crippen LogP contribution in [0.25, 0.3) is 0 Å². The average molecular weight is 503 g/mol. The van der Waals surface area contributed by atoms with Crippen LogP contribution in [-0.4, -0.2) is 76.0 Å². The second-order valence-corrected chi connectivity index (χ2v) is 19.1. The van der Waals surface area contributed by atoms with Crippen molar-refractivity contribution in [2.75, 3.05) is 21.3 Å². The second-order valence-electron chi connectivity index (χ2n) is 8.31. The van der Waals surface area contributed by atoms with Crippen LogP contribution in [0, 0.1) is 0 Å². The average Bonchev–Trinajstić information content (AvgIpc) is 2.74. The van der Waals surface area contributed by atoms with Crippen molar-refractivity contribution < 1.29 is 44.8 Å². The van der Waals surface area contributed by atoms with Crippen molar-refractivity contribution in [1.29, 1.82) is 0 Å². The SMILES string of the molecule is CO[Si](O)(O)O[Si](O)(OC)O[Si](O)(O[Si](C)(OC)C1CCCCC1)C1CCCCC1. The van der Waals surface area contributed by atoms with E-state index in [4.69, 9.17) is 21.2 Å². The lowest BCUT2D eigenvalue weighted by Crippen LogP contribution is -2.67. The molecule has 2 fully saturated rings. The zero-order chi connectivity index (χ0) is 22.5. The Balaban J connectivity index is 2.31. The predicted molar refractivity (Wildman–Crippen MR) is 116 cm³/mol. The first-order chi connectivity index (χ1) is 14.0. The molecule has 0 heterocycles. The normalized spacial score (nSPS) is 26.0. The van der Waals surface area contributed by atoms with Gasteiger partial charge in [-0.1, -0.05) is 38.5 Å². The molecule has 2 rings (SSSR count). The lowest BCUT2D eigenvalue weighted by atomic mass is 10.0. The molecule has 0 aromatic heterocycles. The van der Waals surface area contributed by atoms with Gasteiger partial charge in [0.05, 0.1) is 0 Å². The fraction of sp³-hybridized carbons (Fsp3) is 1.00. The fourth-order valence-electron chi connectivity index (χ4n) is 4.36. The molecule has 0 aliphatic heterocycles. The third-order valence-electron chi connectivity index (χ3n) is 6.28. The molecule has 2 aliphatic rings. The fourth-order valence-corrected chi connectivity index (χ4v) is 16.9. The molecule has 0 bridgehead atoms. The Bertz CT molecular complexity index is 534. The molecule has 0 saturated heterocycles. The lowest BCUT2D eigenvalue weighted by Gasteiger charge is -2.44. The summed E-state index contributed by atoms with van der Waals surface area (Å²) in [6, 6.07) is 0. The molecule has 0 spiro atoms. The van der Waals surface area contributed by atoms with Gasteiger partial charge in [-0.05, 0) is 32.2 Å². The summed E-state index contributed by atoms with van der Waals surface area (Å²) in [5.74, 6) is 0. The third-order valence-corrected chi connectivity index (χ3v) is 18.9. The van der Waals surface area contributed by atoms with Crippen molar-refractivity contribution in [3.63, 3.8) is 0 Å². The van der Waals surface area contributed by atoms with Gasteiger partial charge in [-0.3, -0.25) is 0 Å². The second kappa shape index (κ2) is 11.1. The molecule has 3 atom stereocenters. The van der Waals surface area contributed by atoms with Crippen LogP contribution in [0.2, 0.25) is 17.6 Å². The maximum atomic E-state index is 11.7. The van der Waals surface area contributed by atoms with Crippen LogP contribution < -0.4 is 0 Å². The maximum absolute atomic E-state index is 11.7. The van der Waals surface area contributed by atoms with Crippen molar-refractivity contribution in [2.45, 2.75) is 81.8 Å². The molecule has 3 unspecified atom stereocenters. The molecule has 4 N–H and O–H groups in total. The van der Waals surface area contributed by atoms with Crippen molar-refractivity contribution in [1.82, 2.24) is 0 Å². The van der Waals surface area contributed by atoms with Crippen LogP contribution >= 0.6 is 0 Å². The van der Waals surface area contributed by atoms with Gasteiger partial charge in [0, 0.05) is 32.4 Å². The van der Waals surface area contributed by atoms with Gasteiger partial charge >= 0.3 is 35.5 Å². The Morgan fingerprint density at radius 3 is 1.53 bits per heavy atom. The molecule has 0 aromatic rings. The van der Waals surface area contributed by atoms with Crippen LogP contribution in [0.5, 0.6) is 0 Å². The van der Waals surface area contributed by atoms with Crippen molar-refractivity contribution >= 4 is 35.5 Å². The zero-order valence-electron chi connectivity index (χ0n) is 18.5. The monoisotopic (exact) mass is 502 g/mol. The van der Waals surface area contributed by atoms with Crippen LogP contribution in [0.1, 0.15) is 64.2 Å². The van der Waals surface area contributed by atoms with E-state index in [1.165, 1.54) is 6.42 Å². The third kappa shape index (κ3) is 6.98. The highest BCUT2D eigenvalue weighted by atomic mass is 28.5. The summed E-state index contributed by atoms with van der Waals surface area (Å²) in [5.41, 5.74) is -0.116. The van der Waals surface area contributed by atoms with Gasteiger partial charge in [-0.15, -0.1) is 0 Å². The van der Waals surface area contributed by atoms with Crippen molar-refractivity contribution in [3.05, 3.63) is 0 Å². The van der Waals surface area contributed by atoms with E-state index in [-0.39, 0.29) is 11.1 Å². The summed E-state index contributed by atoms with van der Waals surface area (Å²) in [4.78, 5) is 42.2. The van der Waals surface area contributed by atoms with E-state index < -0.39 is 35.5 Å². The minimum Gasteiger partial charge on any atom is -0.398 e. The molecule has 0 amide bonds. The summed E-state index contributed by atoms with van der Waals surface area (Å²) < 4.78 is 32.5. The highest BCUT2D eigenvalue weighted by Gasteiger charge is 2.63. The van der Waals surface area contributed by atoms with Gasteiger partial charge in [0.25, 0.3) is 0 Å². The smallest absolute Gasteiger partial charge is 0.398 e. The molecule has 0 radical (unpaired) electrons. The molecular formula is C16H38O10Si4. The Morgan fingerprint density at radius 1 is 0.600 bits per heavy atom. The molecule has 0 aromatic carbocycles. The van der Waals surface area contributed by atoms with E-state index in [1.807, 2.05) is 6.55 Å². The Kier molecular flexibility index (Phi) is 9.85. The van der Waals surface area contributed by atoms with Crippen molar-refractivity contribution in [2.24, 2.45) is 0 Å². The number of rotatable bonds is 11. The van der Waals surface area contributed by atoms with Gasteiger partial charge in [-0.25, -0.2) is 0 Å².